The maximum atomic E-state index is 11.1. The fourth-order valence-corrected chi connectivity index (χ4v) is 9.15. The SMILES string of the molecule is C=C(CC1CC(C)(C)N(C)C(C)(C)C1)C(CCCC)(Cc1cc(C(C)(C)C)cc(C(C)(C)C)c1)C(=C)OC1CC(C)(C)N(O)C(C)(C)C1. The Morgan fingerprint density at radius 3 is 1.67 bits per heavy atom. The van der Waals surface area contributed by atoms with Crippen LogP contribution in [0.25, 0.3) is 0 Å². The molecule has 0 aliphatic carbocycles. The van der Waals surface area contributed by atoms with Crippen LogP contribution in [0, 0.1) is 11.3 Å². The zero-order chi connectivity index (χ0) is 36.9. The van der Waals surface area contributed by atoms with E-state index in [4.69, 9.17) is 17.9 Å². The third-order valence-corrected chi connectivity index (χ3v) is 12.2. The number of likely N-dealkylation sites (tertiary alicyclic amines) is 1. The number of hydrogen-bond donors (Lipinski definition) is 1. The van der Waals surface area contributed by atoms with Crippen LogP contribution in [-0.4, -0.2) is 50.5 Å². The van der Waals surface area contributed by atoms with Crippen LogP contribution in [0.4, 0.5) is 0 Å². The summed E-state index contributed by atoms with van der Waals surface area (Å²) in [5.41, 5.74) is 4.49. The Bertz CT molecular complexity index is 1180. The molecule has 0 aromatic heterocycles. The van der Waals surface area contributed by atoms with Crippen molar-refractivity contribution in [3.8, 4) is 0 Å². The highest BCUT2D eigenvalue weighted by Crippen LogP contribution is 2.51. The van der Waals surface area contributed by atoms with Crippen molar-refractivity contribution < 1.29 is 9.94 Å². The molecular formula is C44H76N2O2. The Labute approximate surface area is 297 Å². The first-order valence-electron chi connectivity index (χ1n) is 19.0. The summed E-state index contributed by atoms with van der Waals surface area (Å²) in [6.07, 6.45) is 8.72. The minimum absolute atomic E-state index is 0.0350. The molecule has 2 aliphatic rings. The number of ether oxygens (including phenoxy) is 1. The highest BCUT2D eigenvalue weighted by atomic mass is 16.5. The second-order valence-corrected chi connectivity index (χ2v) is 20.6. The molecule has 2 saturated heterocycles. The van der Waals surface area contributed by atoms with Crippen LogP contribution in [0.5, 0.6) is 0 Å². The van der Waals surface area contributed by atoms with Crippen LogP contribution >= 0.6 is 0 Å². The van der Waals surface area contributed by atoms with Gasteiger partial charge in [0.2, 0.25) is 0 Å². The number of rotatable bonds is 11. The fourth-order valence-electron chi connectivity index (χ4n) is 9.15. The Hall–Kier alpha value is -1.62. The molecule has 0 bridgehead atoms. The van der Waals surface area contributed by atoms with Gasteiger partial charge in [0.15, 0.2) is 0 Å². The molecule has 2 heterocycles. The Morgan fingerprint density at radius 1 is 0.792 bits per heavy atom. The van der Waals surface area contributed by atoms with Crippen molar-refractivity contribution in [1.29, 1.82) is 0 Å². The standard InChI is InChI=1S/C44H76N2O2/c1-19-20-21-44(31(2)22-34-26-40(10,11)45(18)41(12,13)27-34,32(3)48-37-29-42(14,15)46(47)43(16,17)30-37)28-33-23-35(38(4,5)6)25-36(24-33)39(7,8)9/h23-25,34,37,47H,2-3,19-22,26-30H2,1,4-18H3. The van der Waals surface area contributed by atoms with E-state index in [1.807, 2.05) is 0 Å². The lowest BCUT2D eigenvalue weighted by Gasteiger charge is -2.54. The van der Waals surface area contributed by atoms with Crippen molar-refractivity contribution in [3.05, 3.63) is 59.4 Å². The molecule has 1 aromatic rings. The number of hydrogen-bond acceptors (Lipinski definition) is 4. The Morgan fingerprint density at radius 2 is 1.25 bits per heavy atom. The summed E-state index contributed by atoms with van der Waals surface area (Å²) in [6.45, 7) is 44.2. The molecule has 0 saturated carbocycles. The van der Waals surface area contributed by atoms with Gasteiger partial charge in [-0.2, -0.15) is 5.06 Å². The number of piperidine rings is 2. The number of unbranched alkanes of at least 4 members (excludes halogenated alkanes) is 1. The number of nitrogens with zero attached hydrogens (tertiary/aromatic N) is 2. The van der Waals surface area contributed by atoms with E-state index < -0.39 is 16.5 Å². The molecule has 3 rings (SSSR count). The van der Waals surface area contributed by atoms with E-state index in [2.05, 4.69) is 134 Å². The lowest BCUT2D eigenvalue weighted by molar-refractivity contribution is -0.259. The van der Waals surface area contributed by atoms with E-state index in [0.29, 0.717) is 5.92 Å². The van der Waals surface area contributed by atoms with Gasteiger partial charge in [0, 0.05) is 35.0 Å². The quantitative estimate of drug-likeness (QED) is 0.189. The summed E-state index contributed by atoms with van der Waals surface area (Å²) in [5.74, 6) is 1.41. The van der Waals surface area contributed by atoms with E-state index in [-0.39, 0.29) is 28.0 Å². The zero-order valence-electron chi connectivity index (χ0n) is 34.4. The Balaban J connectivity index is 2.17. The van der Waals surface area contributed by atoms with E-state index in [0.717, 1.165) is 63.5 Å². The molecule has 2 aliphatic heterocycles. The predicted octanol–water partition coefficient (Wildman–Crippen LogP) is 11.8. The van der Waals surface area contributed by atoms with Crippen LogP contribution < -0.4 is 0 Å². The molecule has 48 heavy (non-hydrogen) atoms. The molecule has 2 fully saturated rings. The first-order valence-corrected chi connectivity index (χ1v) is 19.0. The van der Waals surface area contributed by atoms with E-state index in [1.165, 1.54) is 22.3 Å². The third-order valence-electron chi connectivity index (χ3n) is 12.2. The number of benzene rings is 1. The summed E-state index contributed by atoms with van der Waals surface area (Å²) in [4.78, 5) is 2.58. The normalized spacial score (nSPS) is 23.4. The van der Waals surface area contributed by atoms with E-state index in [9.17, 15) is 5.21 Å². The van der Waals surface area contributed by atoms with Crippen molar-refractivity contribution in [2.45, 2.75) is 201 Å². The van der Waals surface area contributed by atoms with Gasteiger partial charge in [-0.1, -0.05) is 98.2 Å². The lowest BCUT2D eigenvalue weighted by atomic mass is 9.65. The third kappa shape index (κ3) is 8.99. The summed E-state index contributed by atoms with van der Waals surface area (Å²) >= 11 is 0. The molecule has 4 heteroatoms. The van der Waals surface area contributed by atoms with Gasteiger partial charge in [-0.3, -0.25) is 4.90 Å². The Kier molecular flexibility index (Phi) is 11.8. The summed E-state index contributed by atoms with van der Waals surface area (Å²) in [5, 5.41) is 12.6. The van der Waals surface area contributed by atoms with Gasteiger partial charge in [0.25, 0.3) is 0 Å². The number of hydroxylamine groups is 2. The first kappa shape index (κ1) is 40.8. The second kappa shape index (κ2) is 13.8. The van der Waals surface area contributed by atoms with Crippen molar-refractivity contribution in [3.63, 3.8) is 0 Å². The van der Waals surface area contributed by atoms with E-state index >= 15 is 0 Å². The topological polar surface area (TPSA) is 35.9 Å². The van der Waals surface area contributed by atoms with Gasteiger partial charge < -0.3 is 9.94 Å². The first-order chi connectivity index (χ1) is 21.6. The van der Waals surface area contributed by atoms with Gasteiger partial charge in [-0.05, 0) is 128 Å². The highest BCUT2D eigenvalue weighted by Gasteiger charge is 2.49. The molecule has 1 atom stereocenters. The minimum Gasteiger partial charge on any atom is -0.494 e. The smallest absolute Gasteiger partial charge is 0.102 e. The summed E-state index contributed by atoms with van der Waals surface area (Å²) in [7, 11) is 2.29. The molecule has 0 spiro atoms. The average Bonchev–Trinajstić information content (AvgIpc) is 2.90. The monoisotopic (exact) mass is 665 g/mol. The van der Waals surface area contributed by atoms with Crippen molar-refractivity contribution in [2.24, 2.45) is 11.3 Å². The molecule has 274 valence electrons. The van der Waals surface area contributed by atoms with Gasteiger partial charge in [0.1, 0.15) is 6.10 Å². The van der Waals surface area contributed by atoms with Crippen molar-refractivity contribution in [1.82, 2.24) is 9.96 Å². The van der Waals surface area contributed by atoms with Crippen LogP contribution in [0.2, 0.25) is 0 Å². The highest BCUT2D eigenvalue weighted by molar-refractivity contribution is 5.40. The van der Waals surface area contributed by atoms with Gasteiger partial charge in [-0.15, -0.1) is 0 Å². The lowest BCUT2D eigenvalue weighted by Crippen LogP contribution is -2.60. The second-order valence-electron chi connectivity index (χ2n) is 20.6. The maximum Gasteiger partial charge on any atom is 0.102 e. The minimum atomic E-state index is -0.399. The van der Waals surface area contributed by atoms with Gasteiger partial charge >= 0.3 is 0 Å². The molecule has 0 amide bonds. The average molecular weight is 665 g/mol. The van der Waals surface area contributed by atoms with Crippen LogP contribution in [-0.2, 0) is 22.0 Å². The number of allylic oxidation sites excluding steroid dienone is 1. The van der Waals surface area contributed by atoms with Crippen LogP contribution in [0.1, 0.15) is 172 Å². The van der Waals surface area contributed by atoms with Gasteiger partial charge in [-0.25, -0.2) is 0 Å². The van der Waals surface area contributed by atoms with Gasteiger partial charge in [0.05, 0.1) is 11.2 Å². The molecule has 1 N–H and O–H groups in total. The zero-order valence-corrected chi connectivity index (χ0v) is 34.4. The van der Waals surface area contributed by atoms with Crippen molar-refractivity contribution in [2.75, 3.05) is 7.05 Å². The van der Waals surface area contributed by atoms with E-state index in [1.54, 1.807) is 5.06 Å². The molecule has 1 unspecified atom stereocenters. The molecule has 1 aromatic carbocycles. The summed E-state index contributed by atoms with van der Waals surface area (Å²) in [6, 6.07) is 7.33. The largest absolute Gasteiger partial charge is 0.494 e. The maximum absolute atomic E-state index is 11.1. The van der Waals surface area contributed by atoms with Crippen molar-refractivity contribution >= 4 is 0 Å². The fraction of sp³-hybridized carbons (Fsp3) is 0.773. The van der Waals surface area contributed by atoms with Crippen LogP contribution in [0.15, 0.2) is 42.7 Å². The predicted molar refractivity (Wildman–Crippen MR) is 207 cm³/mol. The van der Waals surface area contributed by atoms with Crippen LogP contribution in [0.3, 0.4) is 0 Å². The molecule has 4 nitrogen and oxygen atoms in total. The molecule has 0 radical (unpaired) electrons. The summed E-state index contributed by atoms with van der Waals surface area (Å²) < 4.78 is 7.15. The molecular weight excluding hydrogens is 588 g/mol.